The molecule has 0 spiro atoms. The summed E-state index contributed by atoms with van der Waals surface area (Å²) in [6, 6.07) is 0.345. The van der Waals surface area contributed by atoms with Crippen molar-refractivity contribution in [2.24, 2.45) is 5.92 Å². The predicted octanol–water partition coefficient (Wildman–Crippen LogP) is 1.98. The lowest BCUT2D eigenvalue weighted by Gasteiger charge is -2.24. The molecule has 0 aromatic carbocycles. The summed E-state index contributed by atoms with van der Waals surface area (Å²) in [4.78, 5) is 13.6. The minimum atomic E-state index is -0.347. The number of carbonyl (C=O) groups is 1. The molecular formula is C13H26N2O2. The topological polar surface area (TPSA) is 52.6 Å². The van der Waals surface area contributed by atoms with E-state index in [-0.39, 0.29) is 12.1 Å². The van der Waals surface area contributed by atoms with Crippen molar-refractivity contribution in [3.05, 3.63) is 0 Å². The summed E-state index contributed by atoms with van der Waals surface area (Å²) in [7, 11) is 1.79. The normalized spacial score (nSPS) is 25.6. The first-order valence-corrected chi connectivity index (χ1v) is 6.74. The van der Waals surface area contributed by atoms with Gasteiger partial charge in [-0.3, -0.25) is 0 Å². The van der Waals surface area contributed by atoms with Crippen molar-refractivity contribution >= 4 is 6.03 Å². The Morgan fingerprint density at radius 2 is 2.24 bits per heavy atom. The van der Waals surface area contributed by atoms with Gasteiger partial charge in [-0.25, -0.2) is 4.79 Å². The van der Waals surface area contributed by atoms with Crippen LogP contribution in [0.25, 0.3) is 0 Å². The molecule has 1 rings (SSSR count). The monoisotopic (exact) mass is 242 g/mol. The quantitative estimate of drug-likeness (QED) is 0.774. The van der Waals surface area contributed by atoms with E-state index < -0.39 is 0 Å². The van der Waals surface area contributed by atoms with Crippen LogP contribution in [0.3, 0.4) is 0 Å². The van der Waals surface area contributed by atoms with Crippen LogP contribution in [0.2, 0.25) is 0 Å². The third kappa shape index (κ3) is 4.54. The molecule has 0 heterocycles. The van der Waals surface area contributed by atoms with Crippen LogP contribution in [0.4, 0.5) is 4.79 Å². The largest absolute Gasteiger partial charge is 0.393 e. The van der Waals surface area contributed by atoms with Gasteiger partial charge in [-0.1, -0.05) is 19.8 Å². The number of amides is 2. The lowest BCUT2D eigenvalue weighted by molar-refractivity contribution is 0.161. The summed E-state index contributed by atoms with van der Waals surface area (Å²) in [6.07, 6.45) is 4.99. The standard InChI is InChI=1S/C13H26N2O2/c1-4-11-6-5-7-12(11)14-13(17)15(3)9-8-10(2)16/h10-12,16H,4-9H2,1-3H3,(H,14,17)/t10-,11-,12+/m1/s1. The Hall–Kier alpha value is -0.770. The average Bonchev–Trinajstić information content (AvgIpc) is 2.72. The highest BCUT2D eigenvalue weighted by molar-refractivity contribution is 5.74. The first-order valence-electron chi connectivity index (χ1n) is 6.74. The number of aliphatic hydroxyl groups excluding tert-OH is 1. The second-order valence-electron chi connectivity index (χ2n) is 5.21. The second kappa shape index (κ2) is 6.84. The van der Waals surface area contributed by atoms with Crippen LogP contribution in [0.5, 0.6) is 0 Å². The number of nitrogens with one attached hydrogen (secondary N) is 1. The lowest BCUT2D eigenvalue weighted by atomic mass is 10.0. The van der Waals surface area contributed by atoms with Gasteiger partial charge in [0.1, 0.15) is 0 Å². The van der Waals surface area contributed by atoms with E-state index in [1.165, 1.54) is 12.8 Å². The molecule has 0 unspecified atom stereocenters. The summed E-state index contributed by atoms with van der Waals surface area (Å²) in [6.45, 7) is 4.54. The molecule has 0 saturated heterocycles. The number of hydrogen-bond donors (Lipinski definition) is 2. The van der Waals surface area contributed by atoms with E-state index in [2.05, 4.69) is 12.2 Å². The van der Waals surface area contributed by atoms with E-state index in [0.29, 0.717) is 24.9 Å². The number of carbonyl (C=O) groups excluding carboxylic acids is 1. The van der Waals surface area contributed by atoms with E-state index in [0.717, 1.165) is 12.8 Å². The van der Waals surface area contributed by atoms with E-state index in [1.807, 2.05) is 0 Å². The molecule has 2 N–H and O–H groups in total. The van der Waals surface area contributed by atoms with Gasteiger partial charge in [-0.05, 0) is 32.1 Å². The predicted molar refractivity (Wildman–Crippen MR) is 68.9 cm³/mol. The smallest absolute Gasteiger partial charge is 0.317 e. The first kappa shape index (κ1) is 14.3. The summed E-state index contributed by atoms with van der Waals surface area (Å²) in [5, 5.41) is 12.3. The molecule has 2 amide bonds. The average molecular weight is 242 g/mol. The molecule has 0 radical (unpaired) electrons. The molecule has 4 heteroatoms. The molecule has 100 valence electrons. The fourth-order valence-electron chi connectivity index (χ4n) is 2.47. The van der Waals surface area contributed by atoms with Gasteiger partial charge in [0.25, 0.3) is 0 Å². The number of rotatable bonds is 5. The molecule has 4 nitrogen and oxygen atoms in total. The summed E-state index contributed by atoms with van der Waals surface area (Å²) in [5.41, 5.74) is 0. The van der Waals surface area contributed by atoms with Crippen molar-refractivity contribution in [3.8, 4) is 0 Å². The summed E-state index contributed by atoms with van der Waals surface area (Å²) < 4.78 is 0. The van der Waals surface area contributed by atoms with Gasteiger partial charge in [0, 0.05) is 19.6 Å². The Morgan fingerprint density at radius 3 is 2.82 bits per heavy atom. The van der Waals surface area contributed by atoms with Crippen LogP contribution in [0.1, 0.15) is 46.0 Å². The van der Waals surface area contributed by atoms with Crippen molar-refractivity contribution in [1.82, 2.24) is 10.2 Å². The summed E-state index contributed by atoms with van der Waals surface area (Å²) in [5.74, 6) is 0.643. The van der Waals surface area contributed by atoms with Crippen molar-refractivity contribution in [2.45, 2.75) is 58.1 Å². The summed E-state index contributed by atoms with van der Waals surface area (Å²) >= 11 is 0. The molecule has 3 atom stereocenters. The van der Waals surface area contributed by atoms with E-state index in [9.17, 15) is 9.90 Å². The van der Waals surface area contributed by atoms with Crippen LogP contribution in [0.15, 0.2) is 0 Å². The third-order valence-corrected chi connectivity index (χ3v) is 3.72. The van der Waals surface area contributed by atoms with Crippen molar-refractivity contribution in [3.63, 3.8) is 0 Å². The van der Waals surface area contributed by atoms with Gasteiger partial charge >= 0.3 is 6.03 Å². The van der Waals surface area contributed by atoms with Crippen molar-refractivity contribution in [2.75, 3.05) is 13.6 Å². The Bertz CT molecular complexity index is 244. The zero-order chi connectivity index (χ0) is 12.8. The van der Waals surface area contributed by atoms with Gasteiger partial charge in [-0.15, -0.1) is 0 Å². The fraction of sp³-hybridized carbons (Fsp3) is 0.923. The number of hydrogen-bond acceptors (Lipinski definition) is 2. The van der Waals surface area contributed by atoms with Gasteiger partial charge in [-0.2, -0.15) is 0 Å². The van der Waals surface area contributed by atoms with Crippen LogP contribution in [0, 0.1) is 5.92 Å². The molecular weight excluding hydrogens is 216 g/mol. The Morgan fingerprint density at radius 1 is 1.53 bits per heavy atom. The zero-order valence-corrected chi connectivity index (χ0v) is 11.3. The first-order chi connectivity index (χ1) is 8.04. The highest BCUT2D eigenvalue weighted by Crippen LogP contribution is 2.28. The van der Waals surface area contributed by atoms with Crippen LogP contribution < -0.4 is 5.32 Å². The van der Waals surface area contributed by atoms with E-state index >= 15 is 0 Å². The van der Waals surface area contributed by atoms with Crippen molar-refractivity contribution in [1.29, 1.82) is 0 Å². The number of nitrogens with zero attached hydrogens (tertiary/aromatic N) is 1. The molecule has 0 bridgehead atoms. The van der Waals surface area contributed by atoms with Gasteiger partial charge < -0.3 is 15.3 Å². The van der Waals surface area contributed by atoms with E-state index in [1.54, 1.807) is 18.9 Å². The molecule has 17 heavy (non-hydrogen) atoms. The molecule has 0 aromatic rings. The van der Waals surface area contributed by atoms with Gasteiger partial charge in [0.2, 0.25) is 0 Å². The maximum Gasteiger partial charge on any atom is 0.317 e. The minimum Gasteiger partial charge on any atom is -0.393 e. The van der Waals surface area contributed by atoms with Crippen LogP contribution in [-0.2, 0) is 0 Å². The number of aliphatic hydroxyl groups is 1. The zero-order valence-electron chi connectivity index (χ0n) is 11.3. The molecule has 0 aliphatic heterocycles. The highest BCUT2D eigenvalue weighted by atomic mass is 16.3. The molecule has 1 aliphatic carbocycles. The lowest BCUT2D eigenvalue weighted by Crippen LogP contribution is -2.45. The molecule has 1 saturated carbocycles. The SMILES string of the molecule is CC[C@@H]1CCC[C@@H]1NC(=O)N(C)CC[C@@H](C)O. The van der Waals surface area contributed by atoms with Crippen LogP contribution in [-0.4, -0.2) is 41.8 Å². The maximum absolute atomic E-state index is 11.9. The number of urea groups is 1. The minimum absolute atomic E-state index is 0.00370. The van der Waals surface area contributed by atoms with Gasteiger partial charge in [0.15, 0.2) is 0 Å². The Kier molecular flexibility index (Phi) is 5.75. The fourth-order valence-corrected chi connectivity index (χ4v) is 2.47. The van der Waals surface area contributed by atoms with Crippen molar-refractivity contribution < 1.29 is 9.90 Å². The van der Waals surface area contributed by atoms with Crippen LogP contribution >= 0.6 is 0 Å². The van der Waals surface area contributed by atoms with E-state index in [4.69, 9.17) is 0 Å². The van der Waals surface area contributed by atoms with Gasteiger partial charge in [0.05, 0.1) is 6.10 Å². The Balaban J connectivity index is 2.32. The Labute approximate surface area is 104 Å². The molecule has 1 fully saturated rings. The molecule has 1 aliphatic rings. The second-order valence-corrected chi connectivity index (χ2v) is 5.21. The third-order valence-electron chi connectivity index (χ3n) is 3.72. The highest BCUT2D eigenvalue weighted by Gasteiger charge is 2.27. The molecule has 0 aromatic heterocycles. The maximum atomic E-state index is 11.9.